The molecule has 0 fully saturated rings. The number of rotatable bonds is 2. The van der Waals surface area contributed by atoms with E-state index in [1.807, 2.05) is 18.2 Å². The van der Waals surface area contributed by atoms with Gasteiger partial charge in [-0.2, -0.15) is 0 Å². The largest absolute Gasteiger partial charge is 0.496 e. The average molecular weight is 231 g/mol. The second-order valence-electron chi connectivity index (χ2n) is 2.57. The molecule has 12 heavy (non-hydrogen) atoms. The van der Waals surface area contributed by atoms with Crippen molar-refractivity contribution in [3.63, 3.8) is 0 Å². The Balaban J connectivity index is 3.02. The van der Waals surface area contributed by atoms with Crippen LogP contribution in [0, 0.1) is 0 Å². The van der Waals surface area contributed by atoms with Crippen LogP contribution in [-0.2, 0) is 0 Å². The fourth-order valence-electron chi connectivity index (χ4n) is 0.942. The molecule has 0 saturated carbocycles. The highest BCUT2D eigenvalue weighted by atomic mass is 79.9. The lowest BCUT2D eigenvalue weighted by Gasteiger charge is -2.07. The summed E-state index contributed by atoms with van der Waals surface area (Å²) in [6.45, 7) is 1.73. The van der Waals surface area contributed by atoms with Gasteiger partial charge < -0.3 is 9.84 Å². The average Bonchev–Trinajstić information content (AvgIpc) is 2.04. The van der Waals surface area contributed by atoms with Gasteiger partial charge in [-0.1, -0.05) is 6.07 Å². The maximum absolute atomic E-state index is 9.25. The van der Waals surface area contributed by atoms with Crippen LogP contribution in [0.3, 0.4) is 0 Å². The maximum atomic E-state index is 9.25. The zero-order chi connectivity index (χ0) is 9.14. The van der Waals surface area contributed by atoms with Crippen molar-refractivity contribution in [2.45, 2.75) is 13.0 Å². The third kappa shape index (κ3) is 1.99. The number of ether oxygens (including phenoxy) is 1. The summed E-state index contributed by atoms with van der Waals surface area (Å²) in [6, 6.07) is 5.52. The molecule has 0 aliphatic rings. The van der Waals surface area contributed by atoms with Crippen molar-refractivity contribution in [1.82, 2.24) is 0 Å². The Morgan fingerprint density at radius 3 is 2.58 bits per heavy atom. The normalized spacial score (nSPS) is 12.7. The molecule has 1 aromatic carbocycles. The molecule has 0 bridgehead atoms. The molecule has 0 aliphatic heterocycles. The Morgan fingerprint density at radius 2 is 2.17 bits per heavy atom. The summed E-state index contributed by atoms with van der Waals surface area (Å²) in [5.74, 6) is 0.777. The summed E-state index contributed by atoms with van der Waals surface area (Å²) < 4.78 is 5.92. The van der Waals surface area contributed by atoms with Gasteiger partial charge >= 0.3 is 0 Å². The van der Waals surface area contributed by atoms with Crippen LogP contribution in [0.1, 0.15) is 18.6 Å². The van der Waals surface area contributed by atoms with Crippen LogP contribution in [0.4, 0.5) is 0 Å². The summed E-state index contributed by atoms with van der Waals surface area (Å²) in [4.78, 5) is 0. The van der Waals surface area contributed by atoms with Gasteiger partial charge in [0.25, 0.3) is 0 Å². The Labute approximate surface area is 80.3 Å². The van der Waals surface area contributed by atoms with Gasteiger partial charge in [0.2, 0.25) is 0 Å². The first-order valence-electron chi connectivity index (χ1n) is 3.66. The molecule has 1 atom stereocenters. The number of benzene rings is 1. The van der Waals surface area contributed by atoms with E-state index < -0.39 is 6.10 Å². The third-order valence-electron chi connectivity index (χ3n) is 1.66. The topological polar surface area (TPSA) is 29.5 Å². The van der Waals surface area contributed by atoms with Crippen molar-refractivity contribution in [2.75, 3.05) is 7.11 Å². The van der Waals surface area contributed by atoms with Crippen molar-refractivity contribution < 1.29 is 9.84 Å². The van der Waals surface area contributed by atoms with Crippen molar-refractivity contribution in [2.24, 2.45) is 0 Å². The molecule has 0 aromatic heterocycles. The third-order valence-corrected chi connectivity index (χ3v) is 2.28. The van der Waals surface area contributed by atoms with E-state index in [0.29, 0.717) is 0 Å². The SMILES string of the molecule is COc1ccc([C@H](C)O)cc1Br. The predicted octanol–water partition coefficient (Wildman–Crippen LogP) is 2.51. The van der Waals surface area contributed by atoms with Gasteiger partial charge in [-0.15, -0.1) is 0 Å². The molecule has 1 aromatic rings. The summed E-state index contributed by atoms with van der Waals surface area (Å²) in [6.07, 6.45) is -0.438. The number of hydrogen-bond acceptors (Lipinski definition) is 2. The Bertz CT molecular complexity index is 271. The molecule has 0 saturated heterocycles. The first-order valence-corrected chi connectivity index (χ1v) is 4.46. The molecular weight excluding hydrogens is 220 g/mol. The second-order valence-corrected chi connectivity index (χ2v) is 3.42. The van der Waals surface area contributed by atoms with Crippen molar-refractivity contribution in [3.8, 4) is 5.75 Å². The lowest BCUT2D eigenvalue weighted by atomic mass is 10.1. The van der Waals surface area contributed by atoms with Crippen LogP contribution in [0.5, 0.6) is 5.75 Å². The zero-order valence-electron chi connectivity index (χ0n) is 7.04. The molecule has 2 nitrogen and oxygen atoms in total. The molecule has 1 rings (SSSR count). The minimum atomic E-state index is -0.438. The minimum Gasteiger partial charge on any atom is -0.496 e. The number of hydrogen-bond donors (Lipinski definition) is 1. The summed E-state index contributed by atoms with van der Waals surface area (Å²) in [5, 5.41) is 9.25. The van der Waals surface area contributed by atoms with Crippen molar-refractivity contribution >= 4 is 15.9 Å². The summed E-state index contributed by atoms with van der Waals surface area (Å²) in [5.41, 5.74) is 0.877. The van der Waals surface area contributed by atoms with Gasteiger partial charge in [0, 0.05) is 0 Å². The highest BCUT2D eigenvalue weighted by molar-refractivity contribution is 9.10. The minimum absolute atomic E-state index is 0.438. The molecule has 0 unspecified atom stereocenters. The lowest BCUT2D eigenvalue weighted by molar-refractivity contribution is 0.199. The van der Waals surface area contributed by atoms with E-state index in [1.165, 1.54) is 0 Å². The summed E-state index contributed by atoms with van der Waals surface area (Å²) >= 11 is 3.34. The highest BCUT2D eigenvalue weighted by Crippen LogP contribution is 2.27. The fourth-order valence-corrected chi connectivity index (χ4v) is 1.50. The Kier molecular flexibility index (Phi) is 3.12. The highest BCUT2D eigenvalue weighted by Gasteiger charge is 2.04. The van der Waals surface area contributed by atoms with Crippen LogP contribution in [0.2, 0.25) is 0 Å². The van der Waals surface area contributed by atoms with Crippen LogP contribution in [0.15, 0.2) is 22.7 Å². The molecule has 66 valence electrons. The number of methoxy groups -OCH3 is 1. The van der Waals surface area contributed by atoms with Gasteiger partial charge in [-0.05, 0) is 40.5 Å². The molecular formula is C9H11BrO2. The molecule has 0 radical (unpaired) electrons. The van der Waals surface area contributed by atoms with E-state index >= 15 is 0 Å². The van der Waals surface area contributed by atoms with E-state index in [1.54, 1.807) is 14.0 Å². The van der Waals surface area contributed by atoms with Gasteiger partial charge in [-0.25, -0.2) is 0 Å². The monoisotopic (exact) mass is 230 g/mol. The standard InChI is InChI=1S/C9H11BrO2/c1-6(11)7-3-4-9(12-2)8(10)5-7/h3-6,11H,1-2H3/t6-/m0/s1. The van der Waals surface area contributed by atoms with Gasteiger partial charge in [0.05, 0.1) is 17.7 Å². The first kappa shape index (κ1) is 9.55. The Morgan fingerprint density at radius 1 is 1.50 bits per heavy atom. The van der Waals surface area contributed by atoms with E-state index in [4.69, 9.17) is 4.74 Å². The Hall–Kier alpha value is -0.540. The zero-order valence-corrected chi connectivity index (χ0v) is 8.63. The van der Waals surface area contributed by atoms with Gasteiger partial charge in [0.15, 0.2) is 0 Å². The quantitative estimate of drug-likeness (QED) is 0.847. The fraction of sp³-hybridized carbons (Fsp3) is 0.333. The molecule has 3 heteroatoms. The van der Waals surface area contributed by atoms with Crippen LogP contribution < -0.4 is 4.74 Å². The molecule has 0 spiro atoms. The van der Waals surface area contributed by atoms with Gasteiger partial charge in [0.1, 0.15) is 5.75 Å². The van der Waals surface area contributed by atoms with Crippen molar-refractivity contribution in [1.29, 1.82) is 0 Å². The molecule has 0 amide bonds. The second kappa shape index (κ2) is 3.92. The number of aliphatic hydroxyl groups excluding tert-OH is 1. The van der Waals surface area contributed by atoms with E-state index in [9.17, 15) is 5.11 Å². The molecule has 0 heterocycles. The van der Waals surface area contributed by atoms with Crippen LogP contribution >= 0.6 is 15.9 Å². The van der Waals surface area contributed by atoms with Gasteiger partial charge in [-0.3, -0.25) is 0 Å². The van der Waals surface area contributed by atoms with Crippen molar-refractivity contribution in [3.05, 3.63) is 28.2 Å². The number of halogens is 1. The molecule has 0 aliphatic carbocycles. The van der Waals surface area contributed by atoms with E-state index in [-0.39, 0.29) is 0 Å². The number of aliphatic hydroxyl groups is 1. The van der Waals surface area contributed by atoms with Crippen LogP contribution in [-0.4, -0.2) is 12.2 Å². The smallest absolute Gasteiger partial charge is 0.133 e. The van der Waals surface area contributed by atoms with E-state index in [0.717, 1.165) is 15.8 Å². The lowest BCUT2D eigenvalue weighted by Crippen LogP contribution is -1.92. The molecule has 1 N–H and O–H groups in total. The summed E-state index contributed by atoms with van der Waals surface area (Å²) in [7, 11) is 1.61. The maximum Gasteiger partial charge on any atom is 0.133 e. The van der Waals surface area contributed by atoms with E-state index in [2.05, 4.69) is 15.9 Å². The predicted molar refractivity (Wildman–Crippen MR) is 51.3 cm³/mol. The van der Waals surface area contributed by atoms with Crippen LogP contribution in [0.25, 0.3) is 0 Å². The first-order chi connectivity index (χ1) is 5.65.